The van der Waals surface area contributed by atoms with Gasteiger partial charge < -0.3 is 19.9 Å². The zero-order chi connectivity index (χ0) is 25.6. The van der Waals surface area contributed by atoms with Gasteiger partial charge in [0.25, 0.3) is 0 Å². The molecule has 1 aromatic carbocycles. The lowest BCUT2D eigenvalue weighted by Gasteiger charge is -2.52. The number of hydrogen-bond acceptors (Lipinski definition) is 6. The Morgan fingerprint density at radius 1 is 1.19 bits per heavy atom. The van der Waals surface area contributed by atoms with E-state index >= 15 is 0 Å². The second-order valence-electron chi connectivity index (χ2n) is 10.6. The van der Waals surface area contributed by atoms with Crippen molar-refractivity contribution in [2.75, 3.05) is 18.4 Å². The molecular formula is C29H39N3O4. The van der Waals surface area contributed by atoms with E-state index in [1.807, 2.05) is 24.3 Å². The van der Waals surface area contributed by atoms with Crippen LogP contribution in [-0.4, -0.2) is 35.7 Å². The third-order valence-corrected chi connectivity index (χ3v) is 8.06. The zero-order valence-corrected chi connectivity index (χ0v) is 21.6. The van der Waals surface area contributed by atoms with Crippen LogP contribution in [0.5, 0.6) is 0 Å². The number of anilines is 1. The molecule has 36 heavy (non-hydrogen) atoms. The van der Waals surface area contributed by atoms with Gasteiger partial charge in [0.15, 0.2) is 5.82 Å². The van der Waals surface area contributed by atoms with E-state index in [1.165, 1.54) is 0 Å². The third kappa shape index (κ3) is 5.72. The van der Waals surface area contributed by atoms with E-state index in [9.17, 15) is 9.59 Å². The summed E-state index contributed by atoms with van der Waals surface area (Å²) in [6, 6.07) is 11.9. The average Bonchev–Trinajstić information content (AvgIpc) is 3.11. The van der Waals surface area contributed by atoms with Crippen molar-refractivity contribution in [3.8, 4) is 0 Å². The molecule has 0 spiro atoms. The van der Waals surface area contributed by atoms with Gasteiger partial charge in [0.1, 0.15) is 11.4 Å². The molecule has 0 aliphatic heterocycles. The van der Waals surface area contributed by atoms with E-state index in [2.05, 4.69) is 41.4 Å². The quantitative estimate of drug-likeness (QED) is 0.201. The molecule has 1 heterocycles. The van der Waals surface area contributed by atoms with Crippen LogP contribution >= 0.6 is 0 Å². The highest BCUT2D eigenvalue weighted by molar-refractivity contribution is 5.91. The molecule has 2 saturated carbocycles. The van der Waals surface area contributed by atoms with Gasteiger partial charge in [-0.3, -0.25) is 9.59 Å². The second kappa shape index (κ2) is 11.4. The summed E-state index contributed by atoms with van der Waals surface area (Å²) in [5.41, 5.74) is -0.0290. The minimum absolute atomic E-state index is 0.0825. The first-order valence-electron chi connectivity index (χ1n) is 13.2. The topological polar surface area (TPSA) is 93.5 Å². The third-order valence-electron chi connectivity index (χ3n) is 8.06. The van der Waals surface area contributed by atoms with Crippen LogP contribution in [0.3, 0.4) is 0 Å². The minimum Gasteiger partial charge on any atom is -0.458 e. The average molecular weight is 494 g/mol. The van der Waals surface area contributed by atoms with E-state index in [0.717, 1.165) is 56.9 Å². The van der Waals surface area contributed by atoms with Gasteiger partial charge in [0.2, 0.25) is 5.91 Å². The Morgan fingerprint density at radius 2 is 1.92 bits per heavy atom. The van der Waals surface area contributed by atoms with E-state index in [1.54, 1.807) is 13.0 Å². The normalized spacial score (nSPS) is 25.3. The van der Waals surface area contributed by atoms with Gasteiger partial charge in [-0.25, -0.2) is 0 Å². The number of allylic oxidation sites excluding steroid dienone is 1. The predicted octanol–water partition coefficient (Wildman–Crippen LogP) is 5.32. The summed E-state index contributed by atoms with van der Waals surface area (Å²) >= 11 is 0. The Kier molecular flexibility index (Phi) is 8.29. The van der Waals surface area contributed by atoms with Crippen LogP contribution in [0.1, 0.15) is 69.6 Å². The maximum absolute atomic E-state index is 13.9. The number of esters is 1. The summed E-state index contributed by atoms with van der Waals surface area (Å²) in [4.78, 5) is 26.1. The Hall–Kier alpha value is -2.93. The number of hydrogen-bond donors (Lipinski definition) is 2. The Morgan fingerprint density at radius 3 is 2.56 bits per heavy atom. The van der Waals surface area contributed by atoms with E-state index in [-0.39, 0.29) is 24.3 Å². The van der Waals surface area contributed by atoms with Gasteiger partial charge in [-0.2, -0.15) is 0 Å². The number of nitrogens with zero attached hydrogens (tertiary/aromatic N) is 1. The first-order chi connectivity index (χ1) is 17.4. The fourth-order valence-corrected chi connectivity index (χ4v) is 6.02. The van der Waals surface area contributed by atoms with Crippen molar-refractivity contribution in [2.45, 2.75) is 76.2 Å². The van der Waals surface area contributed by atoms with Crippen LogP contribution in [0, 0.1) is 18.8 Å². The molecule has 1 aromatic heterocycles. The van der Waals surface area contributed by atoms with Crippen molar-refractivity contribution in [3.63, 3.8) is 0 Å². The summed E-state index contributed by atoms with van der Waals surface area (Å²) < 4.78 is 11.4. The van der Waals surface area contributed by atoms with Crippen molar-refractivity contribution >= 4 is 17.7 Å². The highest BCUT2D eigenvalue weighted by atomic mass is 16.6. The molecule has 3 atom stereocenters. The highest BCUT2D eigenvalue weighted by Gasteiger charge is 2.54. The van der Waals surface area contributed by atoms with E-state index < -0.39 is 11.0 Å². The molecular weight excluding hydrogens is 454 g/mol. The SMILES string of the molecule is C=CC1C[C@](C)(OC(=O)C2(c3ccccc3)CCCCCC2)C1CCNCC(=O)Nc1cc(C)on1. The van der Waals surface area contributed by atoms with Gasteiger partial charge in [0, 0.05) is 12.0 Å². The van der Waals surface area contributed by atoms with Crippen molar-refractivity contribution in [3.05, 3.63) is 60.4 Å². The Balaban J connectivity index is 1.36. The maximum atomic E-state index is 13.9. The Labute approximate surface area is 214 Å². The number of aryl methyl sites for hydroxylation is 1. The van der Waals surface area contributed by atoms with Crippen LogP contribution in [-0.2, 0) is 19.7 Å². The largest absolute Gasteiger partial charge is 0.458 e. The molecule has 1 amide bonds. The number of ether oxygens (including phenoxy) is 1. The van der Waals surface area contributed by atoms with Crippen molar-refractivity contribution in [1.82, 2.24) is 10.5 Å². The number of carbonyl (C=O) groups excluding carboxylic acids is 2. The number of rotatable bonds is 10. The lowest BCUT2D eigenvalue weighted by molar-refractivity contribution is -0.194. The van der Waals surface area contributed by atoms with Gasteiger partial charge in [0.05, 0.1) is 12.0 Å². The van der Waals surface area contributed by atoms with Crippen molar-refractivity contribution in [2.24, 2.45) is 11.8 Å². The van der Waals surface area contributed by atoms with Crippen molar-refractivity contribution < 1.29 is 18.8 Å². The molecule has 2 aliphatic carbocycles. The molecule has 0 saturated heterocycles. The number of aromatic nitrogens is 1. The van der Waals surface area contributed by atoms with Gasteiger partial charge in [-0.15, -0.1) is 6.58 Å². The molecule has 2 N–H and O–H groups in total. The number of carbonyl (C=O) groups is 2. The zero-order valence-electron chi connectivity index (χ0n) is 21.6. The van der Waals surface area contributed by atoms with Gasteiger partial charge in [-0.05, 0) is 57.6 Å². The number of nitrogens with one attached hydrogen (secondary N) is 2. The Bertz CT molecular complexity index is 1040. The van der Waals surface area contributed by atoms with Crippen LogP contribution in [0.25, 0.3) is 0 Å². The molecule has 2 fully saturated rings. The fraction of sp³-hybridized carbons (Fsp3) is 0.552. The lowest BCUT2D eigenvalue weighted by Crippen LogP contribution is -2.57. The van der Waals surface area contributed by atoms with Crippen molar-refractivity contribution in [1.29, 1.82) is 0 Å². The summed E-state index contributed by atoms with van der Waals surface area (Å²) in [5.74, 6) is 1.25. The predicted molar refractivity (Wildman–Crippen MR) is 139 cm³/mol. The van der Waals surface area contributed by atoms with E-state index in [0.29, 0.717) is 24.0 Å². The molecule has 7 heteroatoms. The molecule has 2 aliphatic rings. The number of benzene rings is 1. The standard InChI is InChI=1S/C29H39N3O4/c1-4-22-19-28(3,24(22)14-17-30-20-26(33)31-25-18-21(2)36-32-25)35-27(34)29(15-10-5-6-11-16-29)23-12-8-7-9-13-23/h4,7-9,12-13,18,22,24,30H,1,5-6,10-11,14-17,19-20H2,2-3H3,(H,31,32,33)/t22?,24?,28-/m0/s1. The summed E-state index contributed by atoms with van der Waals surface area (Å²) in [6.07, 6.45) is 9.62. The monoisotopic (exact) mass is 493 g/mol. The molecule has 2 unspecified atom stereocenters. The fourth-order valence-electron chi connectivity index (χ4n) is 6.02. The number of amides is 1. The summed E-state index contributed by atoms with van der Waals surface area (Å²) in [5, 5.41) is 9.70. The molecule has 0 radical (unpaired) electrons. The molecule has 4 rings (SSSR count). The molecule has 2 aromatic rings. The molecule has 0 bridgehead atoms. The summed E-state index contributed by atoms with van der Waals surface area (Å²) in [6.45, 7) is 8.65. The maximum Gasteiger partial charge on any atom is 0.317 e. The lowest BCUT2D eigenvalue weighted by atomic mass is 9.60. The van der Waals surface area contributed by atoms with Gasteiger partial charge >= 0.3 is 5.97 Å². The smallest absolute Gasteiger partial charge is 0.317 e. The second-order valence-corrected chi connectivity index (χ2v) is 10.6. The molecule has 7 nitrogen and oxygen atoms in total. The first-order valence-corrected chi connectivity index (χ1v) is 13.2. The first kappa shape index (κ1) is 26.1. The van der Waals surface area contributed by atoms with E-state index in [4.69, 9.17) is 9.26 Å². The van der Waals surface area contributed by atoms with Crippen LogP contribution in [0.15, 0.2) is 53.6 Å². The molecule has 194 valence electrons. The van der Waals surface area contributed by atoms with Crippen LogP contribution in [0.4, 0.5) is 5.82 Å². The van der Waals surface area contributed by atoms with Crippen LogP contribution < -0.4 is 10.6 Å². The van der Waals surface area contributed by atoms with Gasteiger partial charge in [-0.1, -0.05) is 67.2 Å². The van der Waals surface area contributed by atoms with Crippen LogP contribution in [0.2, 0.25) is 0 Å². The summed E-state index contributed by atoms with van der Waals surface area (Å²) in [7, 11) is 0. The minimum atomic E-state index is -0.569. The highest BCUT2D eigenvalue weighted by Crippen LogP contribution is 2.51.